The Morgan fingerprint density at radius 2 is 1.24 bits per heavy atom. The lowest BCUT2D eigenvalue weighted by Gasteiger charge is -2.28. The molecule has 21 heavy (non-hydrogen) atoms. The standard InChI is InChI=1S/C20H43N/c1-6-9-11-12-13-14-15-17-20(21(4)5)18-19(8-3)16-10-7-2/h19-20H,6-18H2,1-5H3. The Labute approximate surface area is 135 Å². The maximum atomic E-state index is 2.48. The van der Waals surface area contributed by atoms with Crippen LogP contribution in [0.5, 0.6) is 0 Å². The molecule has 0 amide bonds. The molecule has 0 fully saturated rings. The second kappa shape index (κ2) is 14.9. The average molecular weight is 298 g/mol. The fraction of sp³-hybridized carbons (Fsp3) is 1.00. The van der Waals surface area contributed by atoms with E-state index in [-0.39, 0.29) is 0 Å². The van der Waals surface area contributed by atoms with Crippen molar-refractivity contribution in [2.45, 2.75) is 110 Å². The molecule has 1 heteroatoms. The third-order valence-corrected chi connectivity index (χ3v) is 5.02. The van der Waals surface area contributed by atoms with Gasteiger partial charge in [0, 0.05) is 6.04 Å². The first-order chi connectivity index (χ1) is 10.2. The Kier molecular flexibility index (Phi) is 14.9. The van der Waals surface area contributed by atoms with Crippen LogP contribution in [0.3, 0.4) is 0 Å². The highest BCUT2D eigenvalue weighted by molar-refractivity contribution is 4.71. The lowest BCUT2D eigenvalue weighted by Crippen LogP contribution is -2.30. The maximum absolute atomic E-state index is 2.48. The van der Waals surface area contributed by atoms with Gasteiger partial charge in [0.15, 0.2) is 0 Å². The first-order valence-corrected chi connectivity index (χ1v) is 9.82. The van der Waals surface area contributed by atoms with E-state index in [2.05, 4.69) is 39.8 Å². The van der Waals surface area contributed by atoms with Crippen LogP contribution < -0.4 is 0 Å². The van der Waals surface area contributed by atoms with Crippen molar-refractivity contribution in [1.29, 1.82) is 0 Å². The minimum atomic E-state index is 0.808. The first-order valence-electron chi connectivity index (χ1n) is 9.82. The Morgan fingerprint density at radius 1 is 0.667 bits per heavy atom. The van der Waals surface area contributed by atoms with E-state index in [0.29, 0.717) is 0 Å². The van der Waals surface area contributed by atoms with Crippen molar-refractivity contribution in [3.05, 3.63) is 0 Å². The van der Waals surface area contributed by atoms with E-state index in [4.69, 9.17) is 0 Å². The van der Waals surface area contributed by atoms with E-state index < -0.39 is 0 Å². The van der Waals surface area contributed by atoms with Gasteiger partial charge in [-0.1, -0.05) is 91.4 Å². The van der Waals surface area contributed by atoms with Gasteiger partial charge in [0.25, 0.3) is 0 Å². The van der Waals surface area contributed by atoms with Crippen molar-refractivity contribution in [1.82, 2.24) is 4.90 Å². The van der Waals surface area contributed by atoms with E-state index in [9.17, 15) is 0 Å². The molecule has 0 rings (SSSR count). The van der Waals surface area contributed by atoms with Crippen LogP contribution in [0.1, 0.15) is 104 Å². The van der Waals surface area contributed by atoms with Crippen LogP contribution in [0.15, 0.2) is 0 Å². The molecular weight excluding hydrogens is 254 g/mol. The summed E-state index contributed by atoms with van der Waals surface area (Å²) in [5, 5.41) is 0. The van der Waals surface area contributed by atoms with Gasteiger partial charge in [0.05, 0.1) is 0 Å². The molecule has 0 aliphatic rings. The maximum Gasteiger partial charge on any atom is 0.00918 e. The molecule has 0 radical (unpaired) electrons. The van der Waals surface area contributed by atoms with Crippen LogP contribution in [0, 0.1) is 5.92 Å². The SMILES string of the molecule is CCCCCCCCCC(CC(CC)CCCC)N(C)C. The average Bonchev–Trinajstić information content (AvgIpc) is 2.48. The molecule has 2 atom stereocenters. The van der Waals surface area contributed by atoms with Crippen LogP contribution >= 0.6 is 0 Å². The minimum Gasteiger partial charge on any atom is -0.306 e. The Morgan fingerprint density at radius 3 is 1.76 bits per heavy atom. The van der Waals surface area contributed by atoms with Crippen molar-refractivity contribution >= 4 is 0 Å². The summed E-state index contributed by atoms with van der Waals surface area (Å²) in [6.07, 6.45) is 18.4. The number of hydrogen-bond donors (Lipinski definition) is 0. The lowest BCUT2D eigenvalue weighted by molar-refractivity contribution is 0.217. The third-order valence-electron chi connectivity index (χ3n) is 5.02. The van der Waals surface area contributed by atoms with Gasteiger partial charge >= 0.3 is 0 Å². The summed E-state index contributed by atoms with van der Waals surface area (Å²) in [4.78, 5) is 2.48. The summed E-state index contributed by atoms with van der Waals surface area (Å²) in [5.41, 5.74) is 0. The van der Waals surface area contributed by atoms with E-state index in [0.717, 1.165) is 12.0 Å². The summed E-state index contributed by atoms with van der Waals surface area (Å²) < 4.78 is 0. The molecule has 0 aromatic rings. The van der Waals surface area contributed by atoms with E-state index in [1.165, 1.54) is 83.5 Å². The van der Waals surface area contributed by atoms with Gasteiger partial charge in [0.2, 0.25) is 0 Å². The topological polar surface area (TPSA) is 3.24 Å². The highest BCUT2D eigenvalue weighted by Crippen LogP contribution is 2.23. The Bertz CT molecular complexity index is 200. The second-order valence-corrected chi connectivity index (χ2v) is 7.18. The summed E-state index contributed by atoms with van der Waals surface area (Å²) in [7, 11) is 4.55. The van der Waals surface area contributed by atoms with Gasteiger partial charge in [-0.05, 0) is 32.9 Å². The van der Waals surface area contributed by atoms with Crippen LogP contribution in [0.4, 0.5) is 0 Å². The Hall–Kier alpha value is -0.0400. The minimum absolute atomic E-state index is 0.808. The molecular formula is C20H43N. The van der Waals surface area contributed by atoms with Gasteiger partial charge in [-0.2, -0.15) is 0 Å². The van der Waals surface area contributed by atoms with E-state index >= 15 is 0 Å². The molecule has 2 unspecified atom stereocenters. The molecule has 0 aliphatic carbocycles. The zero-order valence-corrected chi connectivity index (χ0v) is 15.8. The molecule has 0 aromatic carbocycles. The van der Waals surface area contributed by atoms with Gasteiger partial charge in [-0.25, -0.2) is 0 Å². The number of hydrogen-bond acceptors (Lipinski definition) is 1. The zero-order chi connectivity index (χ0) is 15.9. The molecule has 0 aliphatic heterocycles. The summed E-state index contributed by atoms with van der Waals surface area (Å²) in [5.74, 6) is 0.946. The third kappa shape index (κ3) is 12.2. The normalized spacial score (nSPS) is 14.6. The second-order valence-electron chi connectivity index (χ2n) is 7.18. The summed E-state index contributed by atoms with van der Waals surface area (Å²) in [6, 6.07) is 0.808. The number of nitrogens with zero attached hydrogens (tertiary/aromatic N) is 1. The van der Waals surface area contributed by atoms with Gasteiger partial charge in [-0.3, -0.25) is 0 Å². The van der Waals surface area contributed by atoms with E-state index in [1.54, 1.807) is 0 Å². The molecule has 0 bridgehead atoms. The van der Waals surface area contributed by atoms with Crippen LogP contribution in [0.25, 0.3) is 0 Å². The molecule has 0 saturated heterocycles. The molecule has 0 saturated carbocycles. The molecule has 1 nitrogen and oxygen atoms in total. The summed E-state index contributed by atoms with van der Waals surface area (Å²) >= 11 is 0. The first kappa shape index (κ1) is 21.0. The van der Waals surface area contributed by atoms with Gasteiger partial charge < -0.3 is 4.90 Å². The van der Waals surface area contributed by atoms with Crippen molar-refractivity contribution in [3.8, 4) is 0 Å². The van der Waals surface area contributed by atoms with Crippen molar-refractivity contribution in [2.24, 2.45) is 5.92 Å². The largest absolute Gasteiger partial charge is 0.306 e. The quantitative estimate of drug-likeness (QED) is 0.305. The molecule has 0 N–H and O–H groups in total. The van der Waals surface area contributed by atoms with Gasteiger partial charge in [-0.15, -0.1) is 0 Å². The van der Waals surface area contributed by atoms with Crippen molar-refractivity contribution < 1.29 is 0 Å². The fourth-order valence-corrected chi connectivity index (χ4v) is 3.29. The Balaban J connectivity index is 3.85. The van der Waals surface area contributed by atoms with Crippen molar-refractivity contribution in [2.75, 3.05) is 14.1 Å². The highest BCUT2D eigenvalue weighted by Gasteiger charge is 2.16. The van der Waals surface area contributed by atoms with Crippen molar-refractivity contribution in [3.63, 3.8) is 0 Å². The fourth-order valence-electron chi connectivity index (χ4n) is 3.29. The molecule has 0 aromatic heterocycles. The predicted octanol–water partition coefficient (Wildman–Crippen LogP) is 6.66. The molecule has 128 valence electrons. The van der Waals surface area contributed by atoms with Gasteiger partial charge in [0.1, 0.15) is 0 Å². The molecule has 0 spiro atoms. The van der Waals surface area contributed by atoms with Crippen LogP contribution in [-0.4, -0.2) is 25.0 Å². The summed E-state index contributed by atoms with van der Waals surface area (Å²) in [6.45, 7) is 6.99. The monoisotopic (exact) mass is 297 g/mol. The zero-order valence-electron chi connectivity index (χ0n) is 15.8. The molecule has 0 heterocycles. The van der Waals surface area contributed by atoms with Crippen LogP contribution in [-0.2, 0) is 0 Å². The van der Waals surface area contributed by atoms with Crippen LogP contribution in [0.2, 0.25) is 0 Å². The number of unbranched alkanes of at least 4 members (excludes halogenated alkanes) is 7. The predicted molar refractivity (Wildman–Crippen MR) is 98.0 cm³/mol. The van der Waals surface area contributed by atoms with E-state index in [1.807, 2.05) is 0 Å². The lowest BCUT2D eigenvalue weighted by atomic mass is 9.89. The number of rotatable bonds is 15. The smallest absolute Gasteiger partial charge is 0.00918 e. The highest BCUT2D eigenvalue weighted by atomic mass is 15.1.